The predicted molar refractivity (Wildman–Crippen MR) is 58.1 cm³/mol. The van der Waals surface area contributed by atoms with Crippen molar-refractivity contribution in [1.29, 1.82) is 0 Å². The number of benzene rings is 1. The normalized spacial score (nSPS) is 10.5. The van der Waals surface area contributed by atoms with E-state index in [2.05, 4.69) is 11.9 Å². The third kappa shape index (κ3) is 1.68. The second kappa shape index (κ2) is 3.69. The van der Waals surface area contributed by atoms with Crippen LogP contribution in [0.3, 0.4) is 0 Å². The summed E-state index contributed by atoms with van der Waals surface area (Å²) in [6.07, 6.45) is 2.50. The zero-order valence-corrected chi connectivity index (χ0v) is 8.40. The summed E-state index contributed by atoms with van der Waals surface area (Å²) >= 11 is 0. The van der Waals surface area contributed by atoms with Gasteiger partial charge in [0.25, 0.3) is 0 Å². The van der Waals surface area contributed by atoms with E-state index in [0.717, 1.165) is 22.8 Å². The molecule has 1 heterocycles. The number of carboxylic acids is 1. The SMILES string of the molecule is CCc1cccc2cnc(C(=O)O)cc12. The van der Waals surface area contributed by atoms with Gasteiger partial charge in [-0.15, -0.1) is 0 Å². The molecule has 0 aliphatic carbocycles. The Labute approximate surface area is 87.4 Å². The molecule has 15 heavy (non-hydrogen) atoms. The van der Waals surface area contributed by atoms with Crippen LogP contribution in [0.5, 0.6) is 0 Å². The minimum Gasteiger partial charge on any atom is -0.477 e. The van der Waals surface area contributed by atoms with Gasteiger partial charge in [0.05, 0.1) is 0 Å². The van der Waals surface area contributed by atoms with Crippen LogP contribution in [0.1, 0.15) is 23.0 Å². The molecule has 0 radical (unpaired) electrons. The standard InChI is InChI=1S/C12H11NO2/c1-2-8-4-3-5-9-7-13-11(12(14)15)6-10(8)9/h3-7H,2H2,1H3,(H,14,15). The summed E-state index contributed by atoms with van der Waals surface area (Å²) in [7, 11) is 0. The maximum absolute atomic E-state index is 10.8. The molecule has 0 amide bonds. The number of fused-ring (bicyclic) bond motifs is 1. The zero-order chi connectivity index (χ0) is 10.8. The summed E-state index contributed by atoms with van der Waals surface area (Å²) in [5, 5.41) is 10.8. The summed E-state index contributed by atoms with van der Waals surface area (Å²) in [6, 6.07) is 7.54. The predicted octanol–water partition coefficient (Wildman–Crippen LogP) is 2.50. The quantitative estimate of drug-likeness (QED) is 0.812. The number of aromatic nitrogens is 1. The first-order valence-corrected chi connectivity index (χ1v) is 4.83. The molecule has 0 spiro atoms. The van der Waals surface area contributed by atoms with Crippen molar-refractivity contribution in [3.05, 3.63) is 41.7 Å². The van der Waals surface area contributed by atoms with Crippen LogP contribution in [0.25, 0.3) is 10.8 Å². The molecule has 0 fully saturated rings. The largest absolute Gasteiger partial charge is 0.477 e. The van der Waals surface area contributed by atoms with Crippen molar-refractivity contribution in [2.45, 2.75) is 13.3 Å². The second-order valence-corrected chi connectivity index (χ2v) is 3.37. The third-order valence-electron chi connectivity index (χ3n) is 2.45. The highest BCUT2D eigenvalue weighted by Crippen LogP contribution is 2.19. The summed E-state index contributed by atoms with van der Waals surface area (Å²) in [5.74, 6) is -0.984. The third-order valence-corrected chi connectivity index (χ3v) is 2.45. The fourth-order valence-electron chi connectivity index (χ4n) is 1.66. The van der Waals surface area contributed by atoms with E-state index in [1.54, 1.807) is 12.3 Å². The number of rotatable bonds is 2. The fraction of sp³-hybridized carbons (Fsp3) is 0.167. The van der Waals surface area contributed by atoms with Crippen molar-refractivity contribution in [2.24, 2.45) is 0 Å². The van der Waals surface area contributed by atoms with Gasteiger partial charge in [0.2, 0.25) is 0 Å². The van der Waals surface area contributed by atoms with E-state index in [4.69, 9.17) is 5.11 Å². The van der Waals surface area contributed by atoms with Crippen LogP contribution in [-0.2, 0) is 6.42 Å². The second-order valence-electron chi connectivity index (χ2n) is 3.37. The Morgan fingerprint density at radius 1 is 1.47 bits per heavy atom. The van der Waals surface area contributed by atoms with Gasteiger partial charge in [0.1, 0.15) is 5.69 Å². The maximum atomic E-state index is 10.8. The van der Waals surface area contributed by atoms with Gasteiger partial charge in [-0.1, -0.05) is 25.1 Å². The van der Waals surface area contributed by atoms with Gasteiger partial charge in [-0.3, -0.25) is 0 Å². The highest BCUT2D eigenvalue weighted by Gasteiger charge is 2.06. The topological polar surface area (TPSA) is 50.2 Å². The monoisotopic (exact) mass is 201 g/mol. The summed E-state index contributed by atoms with van der Waals surface area (Å²) in [4.78, 5) is 14.7. The molecule has 0 aliphatic heterocycles. The van der Waals surface area contributed by atoms with E-state index >= 15 is 0 Å². The van der Waals surface area contributed by atoms with Crippen molar-refractivity contribution in [3.8, 4) is 0 Å². The van der Waals surface area contributed by atoms with Gasteiger partial charge in [-0.05, 0) is 23.4 Å². The lowest BCUT2D eigenvalue weighted by atomic mass is 10.0. The molecule has 3 nitrogen and oxygen atoms in total. The van der Waals surface area contributed by atoms with E-state index in [1.807, 2.05) is 18.2 Å². The van der Waals surface area contributed by atoms with Crippen molar-refractivity contribution < 1.29 is 9.90 Å². The first kappa shape index (κ1) is 9.65. The lowest BCUT2D eigenvalue weighted by Crippen LogP contribution is -2.00. The van der Waals surface area contributed by atoms with Gasteiger partial charge in [0, 0.05) is 11.6 Å². The van der Waals surface area contributed by atoms with Gasteiger partial charge in [-0.25, -0.2) is 9.78 Å². The first-order valence-electron chi connectivity index (χ1n) is 4.83. The van der Waals surface area contributed by atoms with E-state index in [1.165, 1.54) is 0 Å². The molecule has 0 aliphatic rings. The van der Waals surface area contributed by atoms with Crippen LogP contribution in [0.4, 0.5) is 0 Å². The molecule has 0 atom stereocenters. The van der Waals surface area contributed by atoms with Crippen LogP contribution in [-0.4, -0.2) is 16.1 Å². The molecule has 76 valence electrons. The first-order chi connectivity index (χ1) is 7.22. The van der Waals surface area contributed by atoms with Crippen molar-refractivity contribution in [2.75, 3.05) is 0 Å². The summed E-state index contributed by atoms with van der Waals surface area (Å²) in [5.41, 5.74) is 1.25. The maximum Gasteiger partial charge on any atom is 0.354 e. The van der Waals surface area contributed by atoms with Gasteiger partial charge in [-0.2, -0.15) is 0 Å². The number of aryl methyl sites for hydroxylation is 1. The Bertz CT molecular complexity index is 520. The number of carbonyl (C=O) groups is 1. The lowest BCUT2D eigenvalue weighted by Gasteiger charge is -2.04. The Morgan fingerprint density at radius 3 is 2.93 bits per heavy atom. The molecular formula is C12H11NO2. The molecule has 0 saturated carbocycles. The molecule has 0 unspecified atom stereocenters. The molecule has 2 rings (SSSR count). The molecule has 2 aromatic rings. The van der Waals surface area contributed by atoms with E-state index in [0.29, 0.717) is 0 Å². The Kier molecular flexibility index (Phi) is 2.37. The average Bonchev–Trinajstić information content (AvgIpc) is 2.27. The minimum atomic E-state index is -0.984. The Morgan fingerprint density at radius 2 is 2.27 bits per heavy atom. The molecular weight excluding hydrogens is 190 g/mol. The molecule has 3 heteroatoms. The smallest absolute Gasteiger partial charge is 0.354 e. The minimum absolute atomic E-state index is 0.100. The Balaban J connectivity index is 2.72. The molecule has 1 aromatic carbocycles. The number of hydrogen-bond acceptors (Lipinski definition) is 2. The van der Waals surface area contributed by atoms with Crippen molar-refractivity contribution in [3.63, 3.8) is 0 Å². The number of hydrogen-bond donors (Lipinski definition) is 1. The van der Waals surface area contributed by atoms with E-state index < -0.39 is 5.97 Å². The van der Waals surface area contributed by atoms with Crippen LogP contribution in [0.15, 0.2) is 30.5 Å². The van der Waals surface area contributed by atoms with Crippen LogP contribution in [0, 0.1) is 0 Å². The highest BCUT2D eigenvalue weighted by atomic mass is 16.4. The van der Waals surface area contributed by atoms with Crippen molar-refractivity contribution in [1.82, 2.24) is 4.98 Å². The molecule has 1 aromatic heterocycles. The molecule has 1 N–H and O–H groups in total. The number of aromatic carboxylic acids is 1. The van der Waals surface area contributed by atoms with Crippen LogP contribution in [0.2, 0.25) is 0 Å². The average molecular weight is 201 g/mol. The zero-order valence-electron chi connectivity index (χ0n) is 8.40. The number of pyridine rings is 1. The van der Waals surface area contributed by atoms with Gasteiger partial charge < -0.3 is 5.11 Å². The highest BCUT2D eigenvalue weighted by molar-refractivity contribution is 5.93. The van der Waals surface area contributed by atoms with Crippen molar-refractivity contribution >= 4 is 16.7 Å². The van der Waals surface area contributed by atoms with Gasteiger partial charge >= 0.3 is 5.97 Å². The van der Waals surface area contributed by atoms with Crippen LogP contribution < -0.4 is 0 Å². The Hall–Kier alpha value is -1.90. The summed E-state index contributed by atoms with van der Waals surface area (Å²) < 4.78 is 0. The van der Waals surface area contributed by atoms with Gasteiger partial charge in [0.15, 0.2) is 0 Å². The number of nitrogens with zero attached hydrogens (tertiary/aromatic N) is 1. The molecule has 0 saturated heterocycles. The van der Waals surface area contributed by atoms with Crippen LogP contribution >= 0.6 is 0 Å². The van der Waals surface area contributed by atoms with E-state index in [-0.39, 0.29) is 5.69 Å². The summed E-state index contributed by atoms with van der Waals surface area (Å²) in [6.45, 7) is 2.05. The molecule has 0 bridgehead atoms. The number of carboxylic acid groups (broad SMARTS) is 1. The fourth-order valence-corrected chi connectivity index (χ4v) is 1.66. The van der Waals surface area contributed by atoms with E-state index in [9.17, 15) is 4.79 Å². The lowest BCUT2D eigenvalue weighted by molar-refractivity contribution is 0.0691.